The Morgan fingerprint density at radius 3 is 2.38 bits per heavy atom. The highest BCUT2D eigenvalue weighted by molar-refractivity contribution is 5.84. The summed E-state index contributed by atoms with van der Waals surface area (Å²) in [6.07, 6.45) is 4.58. The van der Waals surface area contributed by atoms with Gasteiger partial charge in [-0.05, 0) is 18.2 Å². The van der Waals surface area contributed by atoms with Crippen LogP contribution >= 0.6 is 0 Å². The summed E-state index contributed by atoms with van der Waals surface area (Å²) in [5.41, 5.74) is 9.51. The number of nitrogen functional groups attached to an aromatic ring is 1. The van der Waals surface area contributed by atoms with Gasteiger partial charge in [0.1, 0.15) is 0 Å². The molecule has 1 unspecified atom stereocenters. The summed E-state index contributed by atoms with van der Waals surface area (Å²) in [5.74, 6) is -1.78. The molecule has 0 saturated carbocycles. The topological polar surface area (TPSA) is 149 Å². The Kier molecular flexibility index (Phi) is 5.14. The SMILES string of the molecule is COC(=O)C1(O)C=CC(N)=CC1.Nc1ccc(C(=O)O)o1. The average molecular weight is 296 g/mol. The molecule has 0 aromatic carbocycles. The van der Waals surface area contributed by atoms with Gasteiger partial charge in [0.15, 0.2) is 11.5 Å². The van der Waals surface area contributed by atoms with Crippen LogP contribution in [0.4, 0.5) is 5.88 Å². The summed E-state index contributed by atoms with van der Waals surface area (Å²) in [4.78, 5) is 21.1. The molecular weight excluding hydrogens is 280 g/mol. The number of anilines is 1. The van der Waals surface area contributed by atoms with Gasteiger partial charge in [-0.15, -0.1) is 0 Å². The van der Waals surface area contributed by atoms with Gasteiger partial charge in [0.2, 0.25) is 5.76 Å². The number of rotatable bonds is 2. The number of carbonyl (C=O) groups excluding carboxylic acids is 1. The van der Waals surface area contributed by atoms with E-state index in [-0.39, 0.29) is 18.1 Å². The Morgan fingerprint density at radius 2 is 2.05 bits per heavy atom. The number of aromatic carboxylic acids is 1. The number of carboxylic acid groups (broad SMARTS) is 1. The summed E-state index contributed by atoms with van der Waals surface area (Å²) in [5, 5.41) is 17.8. The lowest BCUT2D eigenvalue weighted by atomic mass is 9.94. The third kappa shape index (κ3) is 4.39. The number of hydrogen-bond donors (Lipinski definition) is 4. The number of carbonyl (C=O) groups is 2. The number of esters is 1. The highest BCUT2D eigenvalue weighted by Crippen LogP contribution is 2.20. The quantitative estimate of drug-likeness (QED) is 0.567. The zero-order valence-electron chi connectivity index (χ0n) is 11.3. The van der Waals surface area contributed by atoms with E-state index < -0.39 is 17.5 Å². The molecule has 0 bridgehead atoms. The van der Waals surface area contributed by atoms with E-state index in [2.05, 4.69) is 9.15 Å². The standard InChI is InChI=1S/C8H11NO3.C5H5NO3/c1-12-7(10)8(11)4-2-6(9)3-5-8;6-4-2-1-3(9-4)5(7)8/h2-4,11H,5,9H2,1H3;1-2H,6H2,(H,7,8). The first kappa shape index (κ1) is 16.3. The Bertz CT molecular complexity index is 589. The average Bonchev–Trinajstić information content (AvgIpc) is 2.89. The minimum absolute atomic E-state index is 0.118. The van der Waals surface area contributed by atoms with Crippen molar-refractivity contribution in [3.63, 3.8) is 0 Å². The van der Waals surface area contributed by atoms with Crippen molar-refractivity contribution in [2.24, 2.45) is 5.73 Å². The zero-order valence-corrected chi connectivity index (χ0v) is 11.3. The molecule has 1 atom stereocenters. The van der Waals surface area contributed by atoms with Crippen molar-refractivity contribution in [3.8, 4) is 0 Å². The van der Waals surface area contributed by atoms with Gasteiger partial charge in [-0.3, -0.25) is 0 Å². The van der Waals surface area contributed by atoms with E-state index in [9.17, 15) is 14.7 Å². The number of nitrogens with two attached hydrogens (primary N) is 2. The molecular formula is C13H16N2O6. The van der Waals surface area contributed by atoms with Crippen LogP contribution in [0.2, 0.25) is 0 Å². The predicted molar refractivity (Wildman–Crippen MR) is 73.1 cm³/mol. The summed E-state index contributed by atoms with van der Waals surface area (Å²) >= 11 is 0. The highest BCUT2D eigenvalue weighted by atomic mass is 16.5. The van der Waals surface area contributed by atoms with Crippen molar-refractivity contribution in [1.82, 2.24) is 0 Å². The lowest BCUT2D eigenvalue weighted by Gasteiger charge is -2.22. The maximum Gasteiger partial charge on any atom is 0.371 e. The fourth-order valence-electron chi connectivity index (χ4n) is 1.44. The maximum atomic E-state index is 11.0. The van der Waals surface area contributed by atoms with Gasteiger partial charge in [0.25, 0.3) is 0 Å². The van der Waals surface area contributed by atoms with Crippen LogP contribution in [0.25, 0.3) is 0 Å². The molecule has 1 aliphatic carbocycles. The van der Waals surface area contributed by atoms with E-state index >= 15 is 0 Å². The first-order valence-corrected chi connectivity index (χ1v) is 5.83. The van der Waals surface area contributed by atoms with Gasteiger partial charge in [-0.25, -0.2) is 9.59 Å². The Labute approximate surface area is 120 Å². The minimum Gasteiger partial charge on any atom is -0.475 e. The normalized spacial score (nSPS) is 20.0. The fourth-order valence-corrected chi connectivity index (χ4v) is 1.44. The monoisotopic (exact) mass is 296 g/mol. The molecule has 0 saturated heterocycles. The number of hydrogen-bond acceptors (Lipinski definition) is 7. The van der Waals surface area contributed by atoms with Crippen LogP contribution < -0.4 is 11.5 Å². The number of aliphatic hydroxyl groups is 1. The van der Waals surface area contributed by atoms with Crippen LogP contribution in [0.3, 0.4) is 0 Å². The number of allylic oxidation sites excluding steroid dienone is 1. The van der Waals surface area contributed by atoms with Crippen molar-refractivity contribution >= 4 is 17.8 Å². The van der Waals surface area contributed by atoms with Gasteiger partial charge in [0.05, 0.1) is 7.11 Å². The van der Waals surface area contributed by atoms with E-state index in [0.29, 0.717) is 5.70 Å². The zero-order chi connectivity index (χ0) is 16.0. The van der Waals surface area contributed by atoms with Gasteiger partial charge < -0.3 is 30.8 Å². The van der Waals surface area contributed by atoms with Crippen LogP contribution in [0.15, 0.2) is 40.5 Å². The molecule has 0 amide bonds. The molecule has 1 aromatic heterocycles. The van der Waals surface area contributed by atoms with Gasteiger partial charge in [-0.1, -0.05) is 6.08 Å². The fraction of sp³-hybridized carbons (Fsp3) is 0.231. The van der Waals surface area contributed by atoms with E-state index in [1.54, 1.807) is 6.08 Å². The van der Waals surface area contributed by atoms with Gasteiger partial charge in [0, 0.05) is 18.2 Å². The van der Waals surface area contributed by atoms with E-state index in [1.165, 1.54) is 31.4 Å². The van der Waals surface area contributed by atoms with Gasteiger partial charge in [-0.2, -0.15) is 0 Å². The van der Waals surface area contributed by atoms with Crippen molar-refractivity contribution in [3.05, 3.63) is 41.8 Å². The molecule has 1 heterocycles. The molecule has 8 nitrogen and oxygen atoms in total. The van der Waals surface area contributed by atoms with Crippen molar-refractivity contribution in [2.45, 2.75) is 12.0 Å². The molecule has 0 spiro atoms. The maximum absolute atomic E-state index is 11.0. The van der Waals surface area contributed by atoms with Crippen LogP contribution in [-0.2, 0) is 9.53 Å². The van der Waals surface area contributed by atoms with Crippen molar-refractivity contribution < 1.29 is 29.0 Å². The van der Waals surface area contributed by atoms with Crippen molar-refractivity contribution in [2.75, 3.05) is 12.8 Å². The molecule has 0 fully saturated rings. The molecule has 114 valence electrons. The van der Waals surface area contributed by atoms with E-state index in [1.807, 2.05) is 0 Å². The van der Waals surface area contributed by atoms with E-state index in [0.717, 1.165) is 0 Å². The lowest BCUT2D eigenvalue weighted by molar-refractivity contribution is -0.157. The number of furan rings is 1. The smallest absolute Gasteiger partial charge is 0.371 e. The molecule has 0 radical (unpaired) electrons. The van der Waals surface area contributed by atoms with Crippen LogP contribution in [0.1, 0.15) is 17.0 Å². The van der Waals surface area contributed by atoms with Crippen LogP contribution in [-0.4, -0.2) is 34.9 Å². The van der Waals surface area contributed by atoms with Crippen molar-refractivity contribution in [1.29, 1.82) is 0 Å². The second-order valence-corrected chi connectivity index (χ2v) is 4.16. The number of ether oxygens (including phenoxy) is 1. The Hall–Kier alpha value is -2.74. The molecule has 0 aliphatic heterocycles. The summed E-state index contributed by atoms with van der Waals surface area (Å²) in [6.45, 7) is 0. The summed E-state index contributed by atoms with van der Waals surface area (Å²) in [7, 11) is 1.23. The van der Waals surface area contributed by atoms with Crippen LogP contribution in [0, 0.1) is 0 Å². The first-order valence-electron chi connectivity index (χ1n) is 5.83. The lowest BCUT2D eigenvalue weighted by Crippen LogP contribution is -2.38. The van der Waals surface area contributed by atoms with Gasteiger partial charge >= 0.3 is 11.9 Å². The Balaban J connectivity index is 0.000000219. The number of methoxy groups -OCH3 is 1. The first-order chi connectivity index (χ1) is 9.78. The summed E-state index contributed by atoms with van der Waals surface area (Å²) in [6, 6.07) is 2.70. The summed E-state index contributed by atoms with van der Waals surface area (Å²) < 4.78 is 8.94. The third-order valence-electron chi connectivity index (χ3n) is 2.58. The second kappa shape index (κ2) is 6.62. The minimum atomic E-state index is -1.53. The Morgan fingerprint density at radius 1 is 1.38 bits per heavy atom. The molecule has 1 aromatic rings. The molecule has 21 heavy (non-hydrogen) atoms. The highest BCUT2D eigenvalue weighted by Gasteiger charge is 2.34. The predicted octanol–water partition coefficient (Wildman–Crippen LogP) is 0.253. The number of carboxylic acids is 1. The van der Waals surface area contributed by atoms with Crippen LogP contribution in [0.5, 0.6) is 0 Å². The molecule has 8 heteroatoms. The van der Waals surface area contributed by atoms with E-state index in [4.69, 9.17) is 16.6 Å². The molecule has 2 rings (SSSR count). The molecule has 6 N–H and O–H groups in total. The molecule has 1 aliphatic rings. The third-order valence-corrected chi connectivity index (χ3v) is 2.58. The largest absolute Gasteiger partial charge is 0.475 e. The second-order valence-electron chi connectivity index (χ2n) is 4.16.